The minimum Gasteiger partial charge on any atom is -0.491 e. The van der Waals surface area contributed by atoms with Gasteiger partial charge in [-0.25, -0.2) is 15.0 Å². The smallest absolute Gasteiger partial charge is 0.278 e. The van der Waals surface area contributed by atoms with E-state index < -0.39 is 23.6 Å². The second-order valence-electron chi connectivity index (χ2n) is 14.9. The third-order valence-corrected chi connectivity index (χ3v) is 10.7. The van der Waals surface area contributed by atoms with Gasteiger partial charge in [-0.2, -0.15) is 10.2 Å². The number of nitrogens with one attached hydrogen (secondary N) is 2. The Morgan fingerprint density at radius 3 is 2.27 bits per heavy atom. The third-order valence-electron chi connectivity index (χ3n) is 10.7. The summed E-state index contributed by atoms with van der Waals surface area (Å²) in [5, 5.41) is 14.6. The molecule has 2 aliphatic heterocycles. The highest BCUT2D eigenvalue weighted by Crippen LogP contribution is 2.32. The molecule has 21 heteroatoms. The van der Waals surface area contributed by atoms with Crippen molar-refractivity contribution in [2.24, 2.45) is 11.5 Å². The van der Waals surface area contributed by atoms with Crippen molar-refractivity contribution in [3.8, 4) is 5.75 Å². The average Bonchev–Trinajstić information content (AvgIpc) is 4.11. The fraction of sp³-hybridized carbons (Fsp3) is 0.341. The average molecular weight is 846 g/mol. The summed E-state index contributed by atoms with van der Waals surface area (Å²) in [4.78, 5) is 68.2. The van der Waals surface area contributed by atoms with Gasteiger partial charge in [0, 0.05) is 56.7 Å². The molecule has 2 aliphatic rings. The van der Waals surface area contributed by atoms with Crippen LogP contribution in [0, 0.1) is 13.8 Å². The van der Waals surface area contributed by atoms with Crippen LogP contribution in [0.5, 0.6) is 5.75 Å². The van der Waals surface area contributed by atoms with Gasteiger partial charge in [0.25, 0.3) is 11.8 Å². The largest absolute Gasteiger partial charge is 0.491 e. The van der Waals surface area contributed by atoms with Gasteiger partial charge in [-0.1, -0.05) is 12.2 Å². The SMILES string of the molecule is CCn1nc(C)cc1C(=O)Nc1nc2cc(C(N)=O)cnc2n1C/C=C/Cn1c(NC(=O)c2c(N)c(C)nn2CC)nc2cc(C(N)=O)cc(OCCCN3C[C@H]4C=C3CO4)c21. The van der Waals surface area contributed by atoms with Gasteiger partial charge in [-0.3, -0.25) is 43.7 Å². The molecule has 0 saturated heterocycles. The van der Waals surface area contributed by atoms with Crippen molar-refractivity contribution in [1.29, 1.82) is 0 Å². The molecular formula is C41H47N15O6. The van der Waals surface area contributed by atoms with Crippen LogP contribution in [0.2, 0.25) is 0 Å². The van der Waals surface area contributed by atoms with Crippen LogP contribution >= 0.6 is 0 Å². The number of anilines is 3. The number of carbonyl (C=O) groups excluding carboxylic acids is 4. The quantitative estimate of drug-likeness (QED) is 0.0653. The molecule has 0 spiro atoms. The predicted molar refractivity (Wildman–Crippen MR) is 229 cm³/mol. The second-order valence-corrected chi connectivity index (χ2v) is 14.9. The maximum absolute atomic E-state index is 13.9. The number of fused-ring (bicyclic) bond motifs is 3. The van der Waals surface area contributed by atoms with E-state index in [1.165, 1.54) is 22.6 Å². The molecule has 21 nitrogen and oxygen atoms in total. The van der Waals surface area contributed by atoms with Gasteiger partial charge in [0.15, 0.2) is 5.65 Å². The lowest BCUT2D eigenvalue weighted by molar-refractivity contribution is 0.0587. The van der Waals surface area contributed by atoms with Crippen LogP contribution in [0.25, 0.3) is 22.2 Å². The molecule has 5 aromatic heterocycles. The lowest BCUT2D eigenvalue weighted by Crippen LogP contribution is -2.33. The first-order valence-electron chi connectivity index (χ1n) is 20.2. The van der Waals surface area contributed by atoms with Crippen LogP contribution in [0.15, 0.2) is 54.4 Å². The molecule has 0 fully saturated rings. The highest BCUT2D eigenvalue weighted by molar-refractivity contribution is 6.07. The number of aryl methyl sites for hydroxylation is 4. The molecule has 0 radical (unpaired) electrons. The number of nitrogens with zero attached hydrogens (tertiary/aromatic N) is 10. The first kappa shape index (κ1) is 41.2. The van der Waals surface area contributed by atoms with E-state index in [0.717, 1.165) is 13.1 Å². The Labute approximate surface area is 354 Å². The first-order valence-corrected chi connectivity index (χ1v) is 20.2. The Bertz CT molecular complexity index is 2830. The summed E-state index contributed by atoms with van der Waals surface area (Å²) in [6.45, 7) is 10.9. The molecule has 1 atom stereocenters. The number of rotatable bonds is 17. The number of ether oxygens (including phenoxy) is 2. The molecule has 4 amide bonds. The maximum atomic E-state index is 13.9. The molecular weight excluding hydrogens is 799 g/mol. The van der Waals surface area contributed by atoms with Gasteiger partial charge >= 0.3 is 0 Å². The van der Waals surface area contributed by atoms with E-state index in [-0.39, 0.29) is 53.6 Å². The molecule has 0 saturated carbocycles. The van der Waals surface area contributed by atoms with E-state index in [1.807, 2.05) is 26.0 Å². The predicted octanol–water partition coefficient (Wildman–Crippen LogP) is 2.74. The third kappa shape index (κ3) is 7.91. The Hall–Kier alpha value is -7.55. The lowest BCUT2D eigenvalue weighted by atomic mass is 10.1. The summed E-state index contributed by atoms with van der Waals surface area (Å²) in [6, 6.07) is 6.31. The summed E-state index contributed by atoms with van der Waals surface area (Å²) in [7, 11) is 0. The molecule has 322 valence electrons. The number of morpholine rings is 1. The Morgan fingerprint density at radius 2 is 1.58 bits per heavy atom. The standard InChI is InChI=1S/C41H47N15O6/c1-5-55-30(14-22(3)50-55)38(59)48-41-47-29-16-25(36(44)58)19-45-37(29)54(41)12-8-7-11-53-33-28(46-40(53)49-39(60)34-32(42)23(4)51-56(34)6-2)15-24(35(43)57)17-31(33)61-13-9-10-52-20-27-18-26(52)21-62-27/h7-8,14-19,27H,5-6,9-13,20-21,42H2,1-4H3,(H2,43,57)(H2,44,58)(H,46,49,60)(H,47,48,59)/b8-7+/t27-/m1/s1. The highest BCUT2D eigenvalue weighted by atomic mass is 16.5. The van der Waals surface area contributed by atoms with Crippen LogP contribution in [-0.4, -0.2) is 105 Å². The molecule has 8 N–H and O–H groups in total. The van der Waals surface area contributed by atoms with Crippen molar-refractivity contribution in [2.75, 3.05) is 42.7 Å². The number of nitrogens with two attached hydrogens (primary N) is 3. The molecule has 0 aliphatic carbocycles. The summed E-state index contributed by atoms with van der Waals surface area (Å²) in [5.74, 6) is -1.65. The number of hydrogen-bond donors (Lipinski definition) is 5. The Kier molecular flexibility index (Phi) is 11.2. The van der Waals surface area contributed by atoms with E-state index in [4.69, 9.17) is 31.7 Å². The van der Waals surface area contributed by atoms with Gasteiger partial charge in [0.1, 0.15) is 28.2 Å². The van der Waals surface area contributed by atoms with Crippen molar-refractivity contribution < 1.29 is 28.7 Å². The Balaban J connectivity index is 1.13. The number of imidazole rings is 2. The molecule has 0 unspecified atom stereocenters. The van der Waals surface area contributed by atoms with Gasteiger partial charge in [-0.05, 0) is 64.5 Å². The van der Waals surface area contributed by atoms with Crippen molar-refractivity contribution in [2.45, 2.75) is 66.4 Å². The van der Waals surface area contributed by atoms with Crippen molar-refractivity contribution in [3.63, 3.8) is 0 Å². The minimum atomic E-state index is -0.674. The zero-order chi connectivity index (χ0) is 43.8. The van der Waals surface area contributed by atoms with E-state index in [0.29, 0.717) is 77.8 Å². The summed E-state index contributed by atoms with van der Waals surface area (Å²) < 4.78 is 18.6. The number of hydrogen-bond acceptors (Lipinski definition) is 13. The van der Waals surface area contributed by atoms with Crippen molar-refractivity contribution >= 4 is 63.4 Å². The second kappa shape index (κ2) is 16.8. The van der Waals surface area contributed by atoms with Crippen LogP contribution in [-0.2, 0) is 30.9 Å². The van der Waals surface area contributed by atoms with Crippen molar-refractivity contribution in [1.82, 2.24) is 48.5 Å². The van der Waals surface area contributed by atoms with Crippen LogP contribution in [0.3, 0.4) is 0 Å². The molecule has 62 heavy (non-hydrogen) atoms. The normalized spacial score (nSPS) is 14.7. The van der Waals surface area contributed by atoms with Crippen LogP contribution in [0.1, 0.15) is 73.3 Å². The number of carbonyl (C=O) groups is 4. The van der Waals surface area contributed by atoms with Crippen LogP contribution < -0.4 is 32.6 Å². The topological polar surface area (TPSA) is 276 Å². The van der Waals surface area contributed by atoms with E-state index in [9.17, 15) is 19.2 Å². The van der Waals surface area contributed by atoms with E-state index in [2.05, 4.69) is 41.8 Å². The monoisotopic (exact) mass is 845 g/mol. The zero-order valence-electron chi connectivity index (χ0n) is 34.7. The summed E-state index contributed by atoms with van der Waals surface area (Å²) >= 11 is 0. The summed E-state index contributed by atoms with van der Waals surface area (Å²) in [6.07, 6.45) is 7.94. The van der Waals surface area contributed by atoms with Crippen molar-refractivity contribution in [3.05, 3.63) is 88.3 Å². The first-order chi connectivity index (χ1) is 29.8. The van der Waals surface area contributed by atoms with E-state index in [1.54, 1.807) is 45.9 Å². The number of allylic oxidation sites excluding steroid dienone is 2. The number of nitrogen functional groups attached to an aromatic ring is 1. The van der Waals surface area contributed by atoms with Gasteiger partial charge < -0.3 is 36.1 Å². The molecule has 2 bridgehead atoms. The maximum Gasteiger partial charge on any atom is 0.278 e. The summed E-state index contributed by atoms with van der Waals surface area (Å²) in [5.41, 5.74) is 22.7. The fourth-order valence-electron chi connectivity index (χ4n) is 7.70. The molecule has 1 aromatic carbocycles. The van der Waals surface area contributed by atoms with Gasteiger partial charge in [0.2, 0.25) is 23.7 Å². The molecule has 6 aromatic rings. The number of benzene rings is 1. The molecule has 7 heterocycles. The number of pyridine rings is 1. The number of amides is 4. The van der Waals surface area contributed by atoms with E-state index >= 15 is 0 Å². The van der Waals surface area contributed by atoms with Gasteiger partial charge in [-0.15, -0.1) is 0 Å². The number of primary amides is 2. The molecule has 8 rings (SSSR count). The van der Waals surface area contributed by atoms with Crippen LogP contribution in [0.4, 0.5) is 17.6 Å². The minimum absolute atomic E-state index is 0.119. The lowest BCUT2D eigenvalue weighted by Gasteiger charge is -2.27. The zero-order valence-corrected chi connectivity index (χ0v) is 34.7. The Morgan fingerprint density at radius 1 is 0.887 bits per heavy atom. The number of aromatic nitrogens is 9. The highest BCUT2D eigenvalue weighted by Gasteiger charge is 2.30. The van der Waals surface area contributed by atoms with Gasteiger partial charge in [0.05, 0.1) is 47.5 Å². The fourth-order valence-corrected chi connectivity index (χ4v) is 7.70.